The second-order valence-electron chi connectivity index (χ2n) is 6.92. The Morgan fingerprint density at radius 1 is 1.50 bits per heavy atom. The Bertz CT molecular complexity index is 579. The number of carbonyl (C=O) groups is 1. The fourth-order valence-electron chi connectivity index (χ4n) is 2.58. The molecule has 0 radical (unpaired) electrons. The molecular weight excluding hydrogens is 311 g/mol. The molecule has 1 heterocycles. The number of aryl methyl sites for hydroxylation is 1. The number of aliphatic hydroxyl groups excluding tert-OH is 1. The maximum absolute atomic E-state index is 14.0. The molecule has 1 saturated heterocycles. The quantitative estimate of drug-likeness (QED) is 0.836. The minimum Gasteiger partial charge on any atom is -0.493 e. The molecule has 1 aliphatic heterocycles. The SMILES string of the molecule is Cc1ccc(NC(=O)N2CC[C@](F)(CO)C2)cc1OCCC(C)C. The number of urea groups is 1. The summed E-state index contributed by atoms with van der Waals surface area (Å²) in [5, 5.41) is 11.8. The van der Waals surface area contributed by atoms with Gasteiger partial charge in [-0.1, -0.05) is 19.9 Å². The topological polar surface area (TPSA) is 61.8 Å². The van der Waals surface area contributed by atoms with Crippen molar-refractivity contribution in [3.8, 4) is 5.75 Å². The third kappa shape index (κ3) is 4.84. The third-order valence-electron chi connectivity index (χ3n) is 4.27. The first kappa shape index (κ1) is 18.5. The van der Waals surface area contributed by atoms with E-state index in [9.17, 15) is 9.18 Å². The Labute approximate surface area is 142 Å². The second kappa shape index (κ2) is 7.83. The van der Waals surface area contributed by atoms with Gasteiger partial charge in [0.2, 0.25) is 0 Å². The predicted molar refractivity (Wildman–Crippen MR) is 92.3 cm³/mol. The van der Waals surface area contributed by atoms with Crippen LogP contribution in [0.5, 0.6) is 5.75 Å². The molecule has 1 aromatic carbocycles. The van der Waals surface area contributed by atoms with Crippen molar-refractivity contribution < 1.29 is 19.0 Å². The zero-order valence-electron chi connectivity index (χ0n) is 14.6. The number of nitrogens with zero attached hydrogens (tertiary/aromatic N) is 1. The van der Waals surface area contributed by atoms with Crippen LogP contribution in [0.2, 0.25) is 0 Å². The van der Waals surface area contributed by atoms with Crippen molar-refractivity contribution in [2.75, 3.05) is 31.6 Å². The number of aliphatic hydroxyl groups is 1. The summed E-state index contributed by atoms with van der Waals surface area (Å²) < 4.78 is 19.8. The van der Waals surface area contributed by atoms with Crippen LogP contribution >= 0.6 is 0 Å². The van der Waals surface area contributed by atoms with E-state index in [2.05, 4.69) is 19.2 Å². The van der Waals surface area contributed by atoms with E-state index < -0.39 is 12.3 Å². The molecule has 134 valence electrons. The molecule has 1 fully saturated rings. The first-order chi connectivity index (χ1) is 11.3. The summed E-state index contributed by atoms with van der Waals surface area (Å²) in [5.41, 5.74) is -0.0677. The monoisotopic (exact) mass is 338 g/mol. The van der Waals surface area contributed by atoms with Gasteiger partial charge in [0.05, 0.1) is 19.8 Å². The van der Waals surface area contributed by atoms with Gasteiger partial charge in [-0.15, -0.1) is 0 Å². The molecule has 2 N–H and O–H groups in total. The molecule has 2 amide bonds. The highest BCUT2D eigenvalue weighted by atomic mass is 19.1. The van der Waals surface area contributed by atoms with E-state index in [0.717, 1.165) is 17.7 Å². The average molecular weight is 338 g/mol. The predicted octanol–water partition coefficient (Wildman–Crippen LogP) is 3.36. The number of carbonyl (C=O) groups excluding carboxylic acids is 1. The molecule has 1 aliphatic rings. The van der Waals surface area contributed by atoms with Gasteiger partial charge in [-0.05, 0) is 30.9 Å². The van der Waals surface area contributed by atoms with Gasteiger partial charge in [0.15, 0.2) is 5.67 Å². The van der Waals surface area contributed by atoms with E-state index in [1.165, 1.54) is 4.90 Å². The highest BCUT2D eigenvalue weighted by Gasteiger charge is 2.39. The Hall–Kier alpha value is -1.82. The highest BCUT2D eigenvalue weighted by molar-refractivity contribution is 5.89. The van der Waals surface area contributed by atoms with Crippen LogP contribution in [0, 0.1) is 12.8 Å². The lowest BCUT2D eigenvalue weighted by Gasteiger charge is -2.20. The number of halogens is 1. The summed E-state index contributed by atoms with van der Waals surface area (Å²) in [7, 11) is 0. The maximum Gasteiger partial charge on any atom is 0.321 e. The molecule has 0 spiro atoms. The van der Waals surface area contributed by atoms with Crippen molar-refractivity contribution in [3.63, 3.8) is 0 Å². The first-order valence-electron chi connectivity index (χ1n) is 8.42. The van der Waals surface area contributed by atoms with Crippen molar-refractivity contribution in [2.45, 2.75) is 39.3 Å². The van der Waals surface area contributed by atoms with Crippen molar-refractivity contribution in [2.24, 2.45) is 5.92 Å². The molecule has 0 aliphatic carbocycles. The summed E-state index contributed by atoms with van der Waals surface area (Å²) in [6.07, 6.45) is 1.12. The van der Waals surface area contributed by atoms with E-state index in [4.69, 9.17) is 9.84 Å². The van der Waals surface area contributed by atoms with Crippen LogP contribution in [0.25, 0.3) is 0 Å². The summed E-state index contributed by atoms with van der Waals surface area (Å²) >= 11 is 0. The number of alkyl halides is 1. The van der Waals surface area contributed by atoms with E-state index >= 15 is 0 Å². The molecule has 0 bridgehead atoms. The molecule has 1 aromatic rings. The molecule has 0 saturated carbocycles. The Morgan fingerprint density at radius 2 is 2.25 bits per heavy atom. The standard InChI is InChI=1S/C18H27FN2O3/c1-13(2)6-9-24-16-10-15(5-4-14(16)3)20-17(23)21-8-7-18(19,11-21)12-22/h4-5,10,13,22H,6-9,11-12H2,1-3H3,(H,20,23)/t18-/m1/s1. The summed E-state index contributed by atoms with van der Waals surface area (Å²) in [6, 6.07) is 5.11. The maximum atomic E-state index is 14.0. The number of amides is 2. The number of hydrogen-bond acceptors (Lipinski definition) is 3. The van der Waals surface area contributed by atoms with Gasteiger partial charge in [0.1, 0.15) is 5.75 Å². The van der Waals surface area contributed by atoms with Crippen LogP contribution in [0.4, 0.5) is 14.9 Å². The Kier molecular flexibility index (Phi) is 6.04. The van der Waals surface area contributed by atoms with Crippen LogP contribution in [-0.2, 0) is 0 Å². The lowest BCUT2D eigenvalue weighted by atomic mass is 10.1. The molecule has 0 aromatic heterocycles. The van der Waals surface area contributed by atoms with E-state index in [1.54, 1.807) is 12.1 Å². The van der Waals surface area contributed by atoms with Crippen molar-refractivity contribution in [3.05, 3.63) is 23.8 Å². The lowest BCUT2D eigenvalue weighted by molar-refractivity contribution is 0.0813. The largest absolute Gasteiger partial charge is 0.493 e. The Morgan fingerprint density at radius 3 is 2.88 bits per heavy atom. The van der Waals surface area contributed by atoms with Crippen molar-refractivity contribution >= 4 is 11.7 Å². The van der Waals surface area contributed by atoms with Gasteiger partial charge in [0, 0.05) is 24.7 Å². The zero-order valence-corrected chi connectivity index (χ0v) is 14.6. The smallest absolute Gasteiger partial charge is 0.321 e. The van der Waals surface area contributed by atoms with Crippen molar-refractivity contribution in [1.29, 1.82) is 0 Å². The van der Waals surface area contributed by atoms with Gasteiger partial charge in [-0.2, -0.15) is 0 Å². The van der Waals surface area contributed by atoms with Crippen molar-refractivity contribution in [1.82, 2.24) is 4.90 Å². The number of ether oxygens (including phenoxy) is 1. The lowest BCUT2D eigenvalue weighted by Crippen LogP contribution is -2.37. The molecular formula is C18H27FN2O3. The zero-order chi connectivity index (χ0) is 17.7. The molecule has 1 atom stereocenters. The number of rotatable bonds is 6. The average Bonchev–Trinajstić information content (AvgIpc) is 2.93. The third-order valence-corrected chi connectivity index (χ3v) is 4.27. The normalized spacial score (nSPS) is 20.5. The summed E-state index contributed by atoms with van der Waals surface area (Å²) in [6.45, 7) is 6.51. The van der Waals surface area contributed by atoms with Crippen LogP contribution in [0.3, 0.4) is 0 Å². The number of likely N-dealkylation sites (tertiary alicyclic amines) is 1. The molecule has 24 heavy (non-hydrogen) atoms. The van der Waals surface area contributed by atoms with Gasteiger partial charge in [-0.25, -0.2) is 9.18 Å². The van der Waals surface area contributed by atoms with E-state index in [1.807, 2.05) is 13.0 Å². The van der Waals surface area contributed by atoms with Gasteiger partial charge >= 0.3 is 6.03 Å². The van der Waals surface area contributed by atoms with E-state index in [0.29, 0.717) is 24.8 Å². The Balaban J connectivity index is 1.96. The summed E-state index contributed by atoms with van der Waals surface area (Å²) in [5.74, 6) is 1.31. The van der Waals surface area contributed by atoms with E-state index in [-0.39, 0.29) is 19.0 Å². The van der Waals surface area contributed by atoms with Crippen LogP contribution in [0.15, 0.2) is 18.2 Å². The fraction of sp³-hybridized carbons (Fsp3) is 0.611. The second-order valence-corrected chi connectivity index (χ2v) is 6.92. The fourth-order valence-corrected chi connectivity index (χ4v) is 2.58. The number of hydrogen-bond donors (Lipinski definition) is 2. The molecule has 6 heteroatoms. The minimum atomic E-state index is -1.68. The molecule has 5 nitrogen and oxygen atoms in total. The number of anilines is 1. The highest BCUT2D eigenvalue weighted by Crippen LogP contribution is 2.27. The van der Waals surface area contributed by atoms with Crippen LogP contribution < -0.4 is 10.1 Å². The van der Waals surface area contributed by atoms with Crippen LogP contribution in [0.1, 0.15) is 32.3 Å². The van der Waals surface area contributed by atoms with Gasteiger partial charge in [0.25, 0.3) is 0 Å². The van der Waals surface area contributed by atoms with Gasteiger partial charge in [-0.3, -0.25) is 0 Å². The number of benzene rings is 1. The molecule has 0 unspecified atom stereocenters. The number of nitrogens with one attached hydrogen (secondary N) is 1. The van der Waals surface area contributed by atoms with Gasteiger partial charge < -0.3 is 20.1 Å². The summed E-state index contributed by atoms with van der Waals surface area (Å²) in [4.78, 5) is 13.6. The first-order valence-corrected chi connectivity index (χ1v) is 8.42. The minimum absolute atomic E-state index is 0.0844. The van der Waals surface area contributed by atoms with Crippen LogP contribution in [-0.4, -0.2) is 48.0 Å². The molecule has 2 rings (SSSR count).